The van der Waals surface area contributed by atoms with Crippen molar-refractivity contribution >= 4 is 15.8 Å². The predicted octanol–water partition coefficient (Wildman–Crippen LogP) is -1.36. The predicted molar refractivity (Wildman–Crippen MR) is 102 cm³/mol. The Balaban J connectivity index is 1.81. The van der Waals surface area contributed by atoms with Crippen LogP contribution in [0.25, 0.3) is 0 Å². The van der Waals surface area contributed by atoms with E-state index in [1.807, 2.05) is 6.07 Å². The molecule has 0 aliphatic carbocycles. The molecule has 0 unspecified atom stereocenters. The minimum atomic E-state index is -4.21. The molecule has 0 saturated carbocycles. The summed E-state index contributed by atoms with van der Waals surface area (Å²) in [5.74, 6) is -0.562. The van der Waals surface area contributed by atoms with Gasteiger partial charge < -0.3 is 10.3 Å². The first-order valence-corrected chi connectivity index (χ1v) is 10.3. The van der Waals surface area contributed by atoms with Crippen molar-refractivity contribution in [2.75, 3.05) is 18.8 Å². The van der Waals surface area contributed by atoms with Crippen molar-refractivity contribution in [1.82, 2.24) is 18.0 Å². The molecule has 150 valence electrons. The minimum Gasteiger partial charge on any atom is -0.384 e. The van der Waals surface area contributed by atoms with E-state index >= 15 is 0 Å². The lowest BCUT2D eigenvalue weighted by molar-refractivity contribution is 0.186. The van der Waals surface area contributed by atoms with Gasteiger partial charge in [-0.1, -0.05) is 6.07 Å². The number of aromatic nitrogens is 3. The van der Waals surface area contributed by atoms with Crippen LogP contribution < -0.4 is 22.5 Å². The first-order chi connectivity index (χ1) is 13.1. The Morgan fingerprint density at radius 1 is 1.04 bits per heavy atom. The fraction of sp³-hybridized carbons (Fsp3) is 0.471. The molecule has 2 aliphatic rings. The van der Waals surface area contributed by atoms with Crippen LogP contribution in [0.2, 0.25) is 0 Å². The van der Waals surface area contributed by atoms with Crippen molar-refractivity contribution in [3.63, 3.8) is 0 Å². The molecule has 0 amide bonds. The summed E-state index contributed by atoms with van der Waals surface area (Å²) in [4.78, 5) is 36.1. The Kier molecular flexibility index (Phi) is 4.12. The van der Waals surface area contributed by atoms with Crippen LogP contribution in [-0.4, -0.2) is 39.5 Å². The van der Waals surface area contributed by atoms with E-state index in [4.69, 9.17) is 5.73 Å². The highest BCUT2D eigenvalue weighted by Crippen LogP contribution is 2.37. The van der Waals surface area contributed by atoms with Gasteiger partial charge in [-0.3, -0.25) is 18.7 Å². The number of hydrogen-bond acceptors (Lipinski definition) is 6. The van der Waals surface area contributed by atoms with E-state index in [1.54, 1.807) is 10.6 Å². The summed E-state index contributed by atoms with van der Waals surface area (Å²) in [7, 11) is -1.67. The Morgan fingerprint density at radius 2 is 1.75 bits per heavy atom. The Labute approximate surface area is 160 Å². The topological polar surface area (TPSA) is 129 Å². The first kappa shape index (κ1) is 18.7. The number of anilines is 1. The number of sulfonamides is 1. The molecule has 4 rings (SSSR count). The first-order valence-electron chi connectivity index (χ1n) is 8.88. The smallest absolute Gasteiger partial charge is 0.332 e. The molecule has 2 N–H and O–H groups in total. The number of nitrogen functional groups attached to an aromatic ring is 1. The van der Waals surface area contributed by atoms with Gasteiger partial charge >= 0.3 is 5.69 Å². The molecule has 2 aromatic rings. The molecule has 0 spiro atoms. The Morgan fingerprint density at radius 3 is 2.46 bits per heavy atom. The van der Waals surface area contributed by atoms with Gasteiger partial charge in [0.25, 0.3) is 21.1 Å². The van der Waals surface area contributed by atoms with Crippen molar-refractivity contribution in [2.45, 2.75) is 23.8 Å². The molecule has 2 aliphatic heterocycles. The van der Waals surface area contributed by atoms with Crippen LogP contribution in [0.15, 0.2) is 37.5 Å². The summed E-state index contributed by atoms with van der Waals surface area (Å²) in [6.07, 6.45) is 0.774. The molecule has 1 saturated heterocycles. The van der Waals surface area contributed by atoms with Crippen LogP contribution in [0.5, 0.6) is 0 Å². The largest absolute Gasteiger partial charge is 0.384 e. The van der Waals surface area contributed by atoms with Crippen LogP contribution in [0.3, 0.4) is 0 Å². The molecule has 11 heteroatoms. The zero-order chi connectivity index (χ0) is 20.4. The molecule has 10 nitrogen and oxygen atoms in total. The van der Waals surface area contributed by atoms with E-state index in [1.165, 1.54) is 24.5 Å². The monoisotopic (exact) mass is 407 g/mol. The third kappa shape index (κ3) is 2.57. The van der Waals surface area contributed by atoms with E-state index in [9.17, 15) is 22.8 Å². The molecule has 4 heterocycles. The van der Waals surface area contributed by atoms with Gasteiger partial charge in [0.1, 0.15) is 5.82 Å². The minimum absolute atomic E-state index is 0.0428. The molecule has 0 aromatic carbocycles. The van der Waals surface area contributed by atoms with E-state index in [0.717, 1.165) is 21.2 Å². The lowest BCUT2D eigenvalue weighted by Crippen LogP contribution is -2.51. The van der Waals surface area contributed by atoms with E-state index in [-0.39, 0.29) is 36.3 Å². The van der Waals surface area contributed by atoms with Gasteiger partial charge in [0, 0.05) is 51.4 Å². The van der Waals surface area contributed by atoms with Crippen molar-refractivity contribution in [1.29, 1.82) is 0 Å². The van der Waals surface area contributed by atoms with Gasteiger partial charge in [-0.15, -0.1) is 0 Å². The number of rotatable bonds is 2. The third-order valence-corrected chi connectivity index (χ3v) is 7.59. The highest BCUT2D eigenvalue weighted by molar-refractivity contribution is 7.89. The summed E-state index contributed by atoms with van der Waals surface area (Å²) < 4.78 is 31.2. The van der Waals surface area contributed by atoms with Crippen molar-refractivity contribution in [3.8, 4) is 0 Å². The van der Waals surface area contributed by atoms with Gasteiger partial charge in [0.05, 0.1) is 0 Å². The number of nitrogens with two attached hydrogens (primary N) is 1. The van der Waals surface area contributed by atoms with Crippen LogP contribution in [0.4, 0.5) is 5.82 Å². The summed E-state index contributed by atoms with van der Waals surface area (Å²) in [6, 6.07) is 4.99. The Hall–Kier alpha value is -2.66. The van der Waals surface area contributed by atoms with Gasteiger partial charge in [0.2, 0.25) is 0 Å². The molecule has 2 aromatic heterocycles. The third-order valence-electron chi connectivity index (χ3n) is 5.71. The maximum atomic E-state index is 13.3. The zero-order valence-electron chi connectivity index (χ0n) is 15.5. The lowest BCUT2D eigenvalue weighted by Gasteiger charge is -2.42. The highest BCUT2D eigenvalue weighted by atomic mass is 32.2. The average Bonchev–Trinajstić information content (AvgIpc) is 2.65. The van der Waals surface area contributed by atoms with Crippen LogP contribution in [0.1, 0.15) is 18.0 Å². The number of fused-ring (bicyclic) bond motifs is 4. The highest BCUT2D eigenvalue weighted by Gasteiger charge is 2.41. The quantitative estimate of drug-likeness (QED) is 0.654. The molecule has 2 bridgehead atoms. The fourth-order valence-corrected chi connectivity index (χ4v) is 6.05. The maximum absolute atomic E-state index is 13.3. The molecule has 2 atom stereocenters. The summed E-state index contributed by atoms with van der Waals surface area (Å²) in [5, 5.41) is 0. The lowest BCUT2D eigenvalue weighted by atomic mass is 9.84. The van der Waals surface area contributed by atoms with Crippen LogP contribution >= 0.6 is 0 Å². The van der Waals surface area contributed by atoms with Gasteiger partial charge in [-0.05, 0) is 18.4 Å². The number of hydrogen-bond donors (Lipinski definition) is 1. The maximum Gasteiger partial charge on any atom is 0.332 e. The standard InChI is InChI=1S/C17H21N5O5S/c1-19-15(18)14(16(24)20(2)17(19)25)28(26,27)21-7-10-6-11(9-21)12-4-3-5-13(23)22(12)8-10/h3-5,10-11H,6-9,18H2,1-2H3/t10-,11+/m1/s1. The second kappa shape index (κ2) is 6.17. The van der Waals surface area contributed by atoms with E-state index < -0.39 is 26.2 Å². The van der Waals surface area contributed by atoms with Crippen molar-refractivity contribution < 1.29 is 8.42 Å². The Bertz CT molecular complexity index is 1260. The van der Waals surface area contributed by atoms with Crippen molar-refractivity contribution in [3.05, 3.63) is 55.1 Å². The summed E-state index contributed by atoms with van der Waals surface area (Å²) in [5.41, 5.74) is 4.93. The van der Waals surface area contributed by atoms with Crippen molar-refractivity contribution in [2.24, 2.45) is 20.0 Å². The van der Waals surface area contributed by atoms with Gasteiger partial charge in [0.15, 0.2) is 4.90 Å². The van der Waals surface area contributed by atoms with Crippen LogP contribution in [-0.2, 0) is 30.7 Å². The zero-order valence-corrected chi connectivity index (χ0v) is 16.3. The normalized spacial score (nSPS) is 22.1. The van der Waals surface area contributed by atoms with E-state index in [0.29, 0.717) is 6.54 Å². The average molecular weight is 407 g/mol. The number of pyridine rings is 1. The second-order valence-electron chi connectivity index (χ2n) is 7.44. The molecular formula is C17H21N5O5S. The molecule has 28 heavy (non-hydrogen) atoms. The number of nitrogens with zero attached hydrogens (tertiary/aromatic N) is 4. The number of piperidine rings is 1. The SMILES string of the molecule is Cn1c(N)c(S(=O)(=O)N2C[C@H]3C[C@@H](C2)c2cccc(=O)n2C3)c(=O)n(C)c1=O. The summed E-state index contributed by atoms with van der Waals surface area (Å²) >= 11 is 0. The van der Waals surface area contributed by atoms with Gasteiger partial charge in [-0.25, -0.2) is 13.2 Å². The van der Waals surface area contributed by atoms with E-state index in [2.05, 4.69) is 0 Å². The summed E-state index contributed by atoms with van der Waals surface area (Å²) in [6.45, 7) is 0.761. The second-order valence-corrected chi connectivity index (χ2v) is 9.32. The molecular weight excluding hydrogens is 386 g/mol. The molecule has 0 radical (unpaired) electrons. The fourth-order valence-electron chi connectivity index (χ4n) is 4.25. The van der Waals surface area contributed by atoms with Crippen LogP contribution in [0, 0.1) is 5.92 Å². The molecule has 1 fully saturated rings. The van der Waals surface area contributed by atoms with Gasteiger partial charge in [-0.2, -0.15) is 4.31 Å².